The Morgan fingerprint density at radius 1 is 1.07 bits per heavy atom. The van der Waals surface area contributed by atoms with Crippen molar-refractivity contribution in [2.24, 2.45) is 0 Å². The molecule has 1 aliphatic heterocycles. The molecule has 1 aromatic carbocycles. The summed E-state index contributed by atoms with van der Waals surface area (Å²) in [6, 6.07) is 13.8. The Labute approximate surface area is 172 Å². The van der Waals surface area contributed by atoms with Crippen LogP contribution in [0.25, 0.3) is 16.9 Å². The van der Waals surface area contributed by atoms with E-state index in [4.69, 9.17) is 0 Å². The number of halogens is 1. The van der Waals surface area contributed by atoms with E-state index < -0.39 is 0 Å². The summed E-state index contributed by atoms with van der Waals surface area (Å²) in [5.41, 5.74) is 3.93. The number of piperazine rings is 1. The number of carbonyl (C=O) groups excluding carboxylic acids is 1. The monoisotopic (exact) mass is 404 g/mol. The first-order valence-corrected chi connectivity index (χ1v) is 9.91. The zero-order chi connectivity index (χ0) is 20.5. The normalized spacial score (nSPS) is 15.0. The zero-order valence-corrected chi connectivity index (χ0v) is 16.3. The number of benzene rings is 1. The van der Waals surface area contributed by atoms with Crippen molar-refractivity contribution >= 4 is 11.6 Å². The van der Waals surface area contributed by atoms with Crippen LogP contribution in [0.5, 0.6) is 0 Å². The number of nitrogens with zero attached hydrogens (tertiary/aromatic N) is 5. The summed E-state index contributed by atoms with van der Waals surface area (Å²) in [6.45, 7) is 3.70. The number of fused-ring (bicyclic) bond motifs is 1. The predicted molar refractivity (Wildman–Crippen MR) is 110 cm³/mol. The first-order chi connectivity index (χ1) is 14.7. The molecule has 0 saturated carbocycles. The molecule has 5 rings (SSSR count). The Bertz CT molecular complexity index is 1170. The van der Waals surface area contributed by atoms with Crippen LogP contribution in [0.2, 0.25) is 0 Å². The second-order valence-corrected chi connectivity index (χ2v) is 7.42. The van der Waals surface area contributed by atoms with Gasteiger partial charge in [-0.15, -0.1) is 0 Å². The molecule has 7 nitrogen and oxygen atoms in total. The lowest BCUT2D eigenvalue weighted by molar-refractivity contribution is 0.0621. The van der Waals surface area contributed by atoms with Crippen molar-refractivity contribution < 1.29 is 9.18 Å². The molecule has 0 spiro atoms. The number of amides is 1. The van der Waals surface area contributed by atoms with Gasteiger partial charge in [0.05, 0.1) is 17.6 Å². The molecule has 152 valence electrons. The Balaban J connectivity index is 1.21. The van der Waals surface area contributed by atoms with Gasteiger partial charge < -0.3 is 9.30 Å². The van der Waals surface area contributed by atoms with Crippen molar-refractivity contribution in [1.82, 2.24) is 29.4 Å². The highest BCUT2D eigenvalue weighted by Gasteiger charge is 2.24. The van der Waals surface area contributed by atoms with Gasteiger partial charge in [0.1, 0.15) is 17.2 Å². The molecule has 0 unspecified atom stereocenters. The number of imidazole rings is 1. The highest BCUT2D eigenvalue weighted by Crippen LogP contribution is 2.19. The van der Waals surface area contributed by atoms with Gasteiger partial charge in [-0.2, -0.15) is 5.10 Å². The number of H-pyrrole nitrogens is 1. The molecule has 1 N–H and O–H groups in total. The van der Waals surface area contributed by atoms with Gasteiger partial charge in [-0.05, 0) is 42.5 Å². The van der Waals surface area contributed by atoms with Crippen LogP contribution < -0.4 is 0 Å². The SMILES string of the molecule is O=C(c1cc(-c2ccc(F)cc2)n[nH]1)N1CCN(Cc2cnc3ccccn23)CC1. The van der Waals surface area contributed by atoms with Crippen LogP contribution in [-0.2, 0) is 6.54 Å². The Hall–Kier alpha value is -3.52. The Morgan fingerprint density at radius 3 is 2.67 bits per heavy atom. The van der Waals surface area contributed by atoms with Crippen molar-refractivity contribution in [2.45, 2.75) is 6.54 Å². The fourth-order valence-corrected chi connectivity index (χ4v) is 3.81. The van der Waals surface area contributed by atoms with Crippen molar-refractivity contribution in [3.8, 4) is 11.3 Å². The van der Waals surface area contributed by atoms with Gasteiger partial charge in [0.2, 0.25) is 0 Å². The zero-order valence-electron chi connectivity index (χ0n) is 16.3. The van der Waals surface area contributed by atoms with Crippen molar-refractivity contribution in [3.05, 3.63) is 78.1 Å². The summed E-state index contributed by atoms with van der Waals surface area (Å²) in [5.74, 6) is -0.363. The molecule has 0 radical (unpaired) electrons. The smallest absolute Gasteiger partial charge is 0.271 e. The molecule has 30 heavy (non-hydrogen) atoms. The van der Waals surface area contributed by atoms with Crippen LogP contribution in [0.15, 0.2) is 60.9 Å². The third-order valence-corrected chi connectivity index (χ3v) is 5.49. The predicted octanol–water partition coefficient (Wildman–Crippen LogP) is 2.82. The van der Waals surface area contributed by atoms with E-state index in [-0.39, 0.29) is 11.7 Å². The fourth-order valence-electron chi connectivity index (χ4n) is 3.81. The summed E-state index contributed by atoms with van der Waals surface area (Å²) in [7, 11) is 0. The average molecular weight is 404 g/mol. The third-order valence-electron chi connectivity index (χ3n) is 5.49. The molecular weight excluding hydrogens is 383 g/mol. The van der Waals surface area contributed by atoms with Crippen molar-refractivity contribution in [2.75, 3.05) is 26.2 Å². The van der Waals surface area contributed by atoms with E-state index in [1.165, 1.54) is 12.1 Å². The maximum Gasteiger partial charge on any atom is 0.271 e. The number of aromatic amines is 1. The molecule has 1 amide bonds. The summed E-state index contributed by atoms with van der Waals surface area (Å²) >= 11 is 0. The van der Waals surface area contributed by atoms with Gasteiger partial charge in [0, 0.05) is 44.5 Å². The minimum atomic E-state index is -0.299. The highest BCUT2D eigenvalue weighted by atomic mass is 19.1. The maximum atomic E-state index is 13.1. The molecule has 0 bridgehead atoms. The molecule has 3 aromatic heterocycles. The fraction of sp³-hybridized carbons (Fsp3) is 0.227. The average Bonchev–Trinajstić information content (AvgIpc) is 3.42. The number of aromatic nitrogens is 4. The van der Waals surface area contributed by atoms with E-state index in [0.29, 0.717) is 24.5 Å². The van der Waals surface area contributed by atoms with Gasteiger partial charge in [0.15, 0.2) is 0 Å². The van der Waals surface area contributed by atoms with Gasteiger partial charge >= 0.3 is 0 Å². The summed E-state index contributed by atoms with van der Waals surface area (Å²) in [6.07, 6.45) is 3.93. The molecule has 1 saturated heterocycles. The second-order valence-electron chi connectivity index (χ2n) is 7.42. The minimum absolute atomic E-state index is 0.0645. The van der Waals surface area contributed by atoms with Crippen molar-refractivity contribution in [3.63, 3.8) is 0 Å². The second kappa shape index (κ2) is 7.72. The molecule has 1 aliphatic rings. The summed E-state index contributed by atoms with van der Waals surface area (Å²) in [4.78, 5) is 21.5. The van der Waals surface area contributed by atoms with E-state index >= 15 is 0 Å². The first kappa shape index (κ1) is 18.5. The quantitative estimate of drug-likeness (QED) is 0.568. The Kier molecular flexibility index (Phi) is 4.76. The van der Waals surface area contributed by atoms with E-state index in [1.807, 2.05) is 35.5 Å². The standard InChI is InChI=1S/C22H21FN6O/c23-17-6-4-16(5-7-17)19-13-20(26-25-19)22(30)28-11-9-27(10-12-28)15-18-14-24-21-3-1-2-8-29(18)21/h1-8,13-14H,9-12,15H2,(H,25,26). The molecule has 1 fully saturated rings. The van der Waals surface area contributed by atoms with Crippen LogP contribution in [0.1, 0.15) is 16.2 Å². The number of pyridine rings is 1. The molecule has 4 aromatic rings. The molecule has 4 heterocycles. The van der Waals surface area contributed by atoms with Crippen LogP contribution in [0.4, 0.5) is 4.39 Å². The minimum Gasteiger partial charge on any atom is -0.335 e. The third kappa shape index (κ3) is 3.57. The van der Waals surface area contributed by atoms with Gasteiger partial charge in [0.25, 0.3) is 5.91 Å². The van der Waals surface area contributed by atoms with Gasteiger partial charge in [-0.1, -0.05) is 6.07 Å². The Morgan fingerprint density at radius 2 is 1.87 bits per heavy atom. The number of hydrogen-bond donors (Lipinski definition) is 1. The van der Waals surface area contributed by atoms with E-state index in [2.05, 4.69) is 24.5 Å². The van der Waals surface area contributed by atoms with Gasteiger partial charge in [-0.3, -0.25) is 14.8 Å². The van der Waals surface area contributed by atoms with Crippen LogP contribution in [0, 0.1) is 5.82 Å². The van der Waals surface area contributed by atoms with Crippen LogP contribution in [0.3, 0.4) is 0 Å². The van der Waals surface area contributed by atoms with Crippen LogP contribution in [-0.4, -0.2) is 61.5 Å². The number of rotatable bonds is 4. The van der Waals surface area contributed by atoms with E-state index in [0.717, 1.165) is 36.5 Å². The van der Waals surface area contributed by atoms with E-state index in [9.17, 15) is 9.18 Å². The number of carbonyl (C=O) groups is 1. The lowest BCUT2D eigenvalue weighted by Gasteiger charge is -2.34. The number of nitrogens with one attached hydrogen (secondary N) is 1. The first-order valence-electron chi connectivity index (χ1n) is 9.91. The lowest BCUT2D eigenvalue weighted by atomic mass is 10.1. The van der Waals surface area contributed by atoms with Crippen LogP contribution >= 0.6 is 0 Å². The molecule has 0 atom stereocenters. The molecular formula is C22H21FN6O. The van der Waals surface area contributed by atoms with E-state index in [1.54, 1.807) is 18.2 Å². The van der Waals surface area contributed by atoms with Gasteiger partial charge in [-0.25, -0.2) is 9.37 Å². The molecule has 8 heteroatoms. The molecule has 0 aliphatic carbocycles. The number of hydrogen-bond acceptors (Lipinski definition) is 4. The lowest BCUT2D eigenvalue weighted by Crippen LogP contribution is -2.48. The maximum absolute atomic E-state index is 13.1. The topological polar surface area (TPSA) is 69.5 Å². The van der Waals surface area contributed by atoms with Crippen molar-refractivity contribution in [1.29, 1.82) is 0 Å². The summed E-state index contributed by atoms with van der Waals surface area (Å²) in [5, 5.41) is 7.03. The largest absolute Gasteiger partial charge is 0.335 e. The highest BCUT2D eigenvalue weighted by molar-refractivity contribution is 5.93. The summed E-state index contributed by atoms with van der Waals surface area (Å²) < 4.78 is 15.2.